The highest BCUT2D eigenvalue weighted by molar-refractivity contribution is 7.88. The lowest BCUT2D eigenvalue weighted by molar-refractivity contribution is -0.138. The van der Waals surface area contributed by atoms with Gasteiger partial charge in [0.05, 0.1) is 25.4 Å². The van der Waals surface area contributed by atoms with Crippen LogP contribution in [0.3, 0.4) is 0 Å². The molecule has 1 N–H and O–H groups in total. The molecule has 6 rings (SSSR count). The van der Waals surface area contributed by atoms with Crippen LogP contribution in [0.25, 0.3) is 11.1 Å². The lowest BCUT2D eigenvalue weighted by Gasteiger charge is -2.28. The Labute approximate surface area is 268 Å². The molecule has 0 radical (unpaired) electrons. The number of fused-ring (bicyclic) bond motifs is 1. The van der Waals surface area contributed by atoms with Crippen LogP contribution in [0, 0.1) is 0 Å². The Morgan fingerprint density at radius 2 is 1.65 bits per heavy atom. The first kappa shape index (κ1) is 31.1. The van der Waals surface area contributed by atoms with Gasteiger partial charge in [0, 0.05) is 30.9 Å². The average molecular weight is 639 g/mol. The highest BCUT2D eigenvalue weighted by Gasteiger charge is 2.54. The second kappa shape index (κ2) is 13.2. The maximum Gasteiger partial charge on any atom is 0.251 e. The summed E-state index contributed by atoms with van der Waals surface area (Å²) in [6.07, 6.45) is 3.53. The van der Waals surface area contributed by atoms with Crippen LogP contribution in [-0.2, 0) is 31.8 Å². The molecule has 236 valence electrons. The van der Waals surface area contributed by atoms with E-state index in [9.17, 15) is 22.8 Å². The Morgan fingerprint density at radius 1 is 0.935 bits per heavy atom. The van der Waals surface area contributed by atoms with Crippen molar-refractivity contribution < 1.29 is 27.5 Å². The number of ether oxygens (including phenoxy) is 1. The van der Waals surface area contributed by atoms with Gasteiger partial charge in [0.1, 0.15) is 17.8 Å². The highest BCUT2D eigenvalue weighted by Crippen LogP contribution is 2.33. The van der Waals surface area contributed by atoms with Crippen LogP contribution < -0.4 is 10.1 Å². The van der Waals surface area contributed by atoms with Crippen LogP contribution in [0.2, 0.25) is 0 Å². The summed E-state index contributed by atoms with van der Waals surface area (Å²) >= 11 is 0. The summed E-state index contributed by atoms with van der Waals surface area (Å²) in [6.45, 7) is -0.107. The minimum absolute atomic E-state index is 0.168. The van der Waals surface area contributed by atoms with Crippen molar-refractivity contribution >= 4 is 27.6 Å². The van der Waals surface area contributed by atoms with Gasteiger partial charge in [-0.25, -0.2) is 8.42 Å². The normalized spacial score (nSPS) is 18.6. The molecule has 2 fully saturated rings. The third kappa shape index (κ3) is 6.56. The molecule has 3 unspecified atom stereocenters. The number of nitrogens with one attached hydrogen (secondary N) is 1. The predicted molar refractivity (Wildman–Crippen MR) is 172 cm³/mol. The summed E-state index contributed by atoms with van der Waals surface area (Å²) in [5.41, 5.74) is 3.66. The van der Waals surface area contributed by atoms with E-state index < -0.39 is 40.0 Å². The Balaban J connectivity index is 1.22. The number of carbonyl (C=O) groups is 3. The smallest absolute Gasteiger partial charge is 0.251 e. The van der Waals surface area contributed by atoms with Gasteiger partial charge in [-0.3, -0.25) is 19.4 Å². The molecule has 2 aliphatic rings. The molecule has 10 nitrogen and oxygen atoms in total. The van der Waals surface area contributed by atoms with Gasteiger partial charge < -0.3 is 15.0 Å². The van der Waals surface area contributed by atoms with Gasteiger partial charge in [-0.1, -0.05) is 60.7 Å². The fourth-order valence-electron chi connectivity index (χ4n) is 6.24. The van der Waals surface area contributed by atoms with E-state index in [4.69, 9.17) is 4.74 Å². The number of sulfonamides is 1. The maximum absolute atomic E-state index is 14.2. The molecule has 1 aromatic heterocycles. The monoisotopic (exact) mass is 638 g/mol. The fraction of sp³-hybridized carbons (Fsp3) is 0.257. The van der Waals surface area contributed by atoms with Crippen LogP contribution in [0.1, 0.15) is 27.9 Å². The van der Waals surface area contributed by atoms with E-state index in [0.717, 1.165) is 16.7 Å². The van der Waals surface area contributed by atoms with Crippen molar-refractivity contribution in [2.75, 3.05) is 20.2 Å². The number of amides is 2. The Bertz CT molecular complexity index is 1820. The zero-order valence-electron chi connectivity index (χ0n) is 25.3. The SMILES string of the molecule is COc1ccc(CC(NC(=O)c2ccc(-c3ccccc3)cc2)C(=O)N2CCC3C2C(=O)CN3S(=O)(=O)Cc2cccnc2)cc1. The lowest BCUT2D eigenvalue weighted by atomic mass is 10.0. The van der Waals surface area contributed by atoms with E-state index in [0.29, 0.717) is 23.3 Å². The number of aromatic nitrogens is 1. The summed E-state index contributed by atoms with van der Waals surface area (Å²) in [4.78, 5) is 46.4. The molecule has 2 amide bonds. The number of methoxy groups -OCH3 is 1. The number of pyridine rings is 1. The molecule has 0 saturated carbocycles. The van der Waals surface area contributed by atoms with Crippen LogP contribution in [0.4, 0.5) is 0 Å². The largest absolute Gasteiger partial charge is 0.497 e. The van der Waals surface area contributed by atoms with E-state index in [1.165, 1.54) is 15.4 Å². The topological polar surface area (TPSA) is 126 Å². The molecular weight excluding hydrogens is 604 g/mol. The minimum atomic E-state index is -3.85. The molecule has 3 atom stereocenters. The summed E-state index contributed by atoms with van der Waals surface area (Å²) < 4.78 is 33.3. The van der Waals surface area contributed by atoms with Crippen molar-refractivity contribution in [3.05, 3.63) is 120 Å². The van der Waals surface area contributed by atoms with Gasteiger partial charge in [0.25, 0.3) is 5.91 Å². The van der Waals surface area contributed by atoms with Crippen molar-refractivity contribution in [2.24, 2.45) is 0 Å². The molecule has 2 saturated heterocycles. The van der Waals surface area contributed by atoms with Crippen LogP contribution in [0.15, 0.2) is 103 Å². The summed E-state index contributed by atoms with van der Waals surface area (Å²) in [5, 5.41) is 2.90. The van der Waals surface area contributed by atoms with Gasteiger partial charge in [0.15, 0.2) is 5.78 Å². The number of carbonyl (C=O) groups excluding carboxylic acids is 3. The zero-order valence-corrected chi connectivity index (χ0v) is 26.1. The summed E-state index contributed by atoms with van der Waals surface area (Å²) in [5.74, 6) is -0.833. The van der Waals surface area contributed by atoms with Crippen molar-refractivity contribution in [2.45, 2.75) is 36.7 Å². The molecular formula is C35H34N4O6S. The summed E-state index contributed by atoms with van der Waals surface area (Å²) in [7, 11) is -2.29. The molecule has 0 bridgehead atoms. The molecule has 3 heterocycles. The number of ketones is 1. The minimum Gasteiger partial charge on any atom is -0.497 e. The summed E-state index contributed by atoms with van der Waals surface area (Å²) in [6, 6.07) is 24.9. The van der Waals surface area contributed by atoms with Gasteiger partial charge >= 0.3 is 0 Å². The van der Waals surface area contributed by atoms with Crippen LogP contribution >= 0.6 is 0 Å². The fourth-order valence-corrected chi connectivity index (χ4v) is 7.96. The van der Waals surface area contributed by atoms with Crippen LogP contribution in [0.5, 0.6) is 5.75 Å². The Morgan fingerprint density at radius 3 is 2.33 bits per heavy atom. The molecule has 2 aliphatic heterocycles. The van der Waals surface area contributed by atoms with Gasteiger partial charge in [-0.2, -0.15) is 4.31 Å². The first-order chi connectivity index (χ1) is 22.2. The number of hydrogen-bond donors (Lipinski definition) is 1. The standard InChI is InChI=1S/C35H34N4O6S/c1-45-29-15-9-24(10-16-29)20-30(37-34(41)28-13-11-27(12-14-28)26-7-3-2-4-8-26)35(42)38-19-17-31-33(38)32(40)22-39(31)46(43,44)23-25-6-5-18-36-21-25/h2-16,18,21,30-31,33H,17,19-20,22-23H2,1H3,(H,37,41). The van der Waals surface area contributed by atoms with Crippen LogP contribution in [-0.4, -0.2) is 78.5 Å². The van der Waals surface area contributed by atoms with Crippen molar-refractivity contribution in [1.29, 1.82) is 0 Å². The molecule has 4 aromatic rings. The number of likely N-dealkylation sites (tertiary alicyclic amines) is 1. The maximum atomic E-state index is 14.2. The Hall–Kier alpha value is -4.87. The van der Waals surface area contributed by atoms with E-state index in [1.807, 2.05) is 54.6 Å². The number of rotatable bonds is 10. The molecule has 0 aliphatic carbocycles. The predicted octanol–water partition coefficient (Wildman–Crippen LogP) is 3.48. The zero-order chi connectivity index (χ0) is 32.3. The molecule has 46 heavy (non-hydrogen) atoms. The van der Waals surface area contributed by atoms with Gasteiger partial charge in [-0.05, 0) is 59.0 Å². The van der Waals surface area contributed by atoms with Crippen molar-refractivity contribution in [1.82, 2.24) is 19.5 Å². The van der Waals surface area contributed by atoms with Crippen molar-refractivity contribution in [3.8, 4) is 16.9 Å². The second-order valence-corrected chi connectivity index (χ2v) is 13.4. The van der Waals surface area contributed by atoms with Gasteiger partial charge in [0.2, 0.25) is 15.9 Å². The Kier molecular flexibility index (Phi) is 8.96. The second-order valence-electron chi connectivity index (χ2n) is 11.5. The molecule has 11 heteroatoms. The molecule has 3 aromatic carbocycles. The third-order valence-corrected chi connectivity index (χ3v) is 10.4. The van der Waals surface area contributed by atoms with E-state index in [-0.39, 0.29) is 31.0 Å². The third-order valence-electron chi connectivity index (χ3n) is 8.55. The van der Waals surface area contributed by atoms with Crippen molar-refractivity contribution in [3.63, 3.8) is 0 Å². The molecule has 0 spiro atoms. The van der Waals surface area contributed by atoms with E-state index in [2.05, 4.69) is 10.3 Å². The number of benzene rings is 3. The number of Topliss-reactive ketones (excluding diaryl/α,β-unsaturated/α-hetero) is 1. The first-order valence-corrected chi connectivity index (χ1v) is 16.7. The number of nitrogens with zero attached hydrogens (tertiary/aromatic N) is 3. The average Bonchev–Trinajstić information content (AvgIpc) is 3.66. The lowest BCUT2D eigenvalue weighted by Crippen LogP contribution is -2.53. The van der Waals surface area contributed by atoms with E-state index >= 15 is 0 Å². The quantitative estimate of drug-likeness (QED) is 0.282. The van der Waals surface area contributed by atoms with Gasteiger partial charge in [-0.15, -0.1) is 0 Å². The number of hydrogen-bond acceptors (Lipinski definition) is 7. The first-order valence-electron chi connectivity index (χ1n) is 15.0. The highest BCUT2D eigenvalue weighted by atomic mass is 32.2. The van der Waals surface area contributed by atoms with E-state index in [1.54, 1.807) is 49.7 Å².